The van der Waals surface area contributed by atoms with Crippen LogP contribution in [-0.4, -0.2) is 48.6 Å². The number of ketones is 1. The number of benzene rings is 1. The van der Waals surface area contributed by atoms with Gasteiger partial charge < -0.3 is 14.4 Å². The molecular formula is C19H25N4OS+. The summed E-state index contributed by atoms with van der Waals surface area (Å²) in [4.78, 5) is 20.8. The third-order valence-electron chi connectivity index (χ3n) is 4.87. The smallest absolute Gasteiger partial charge is 0.201 e. The van der Waals surface area contributed by atoms with Crippen molar-refractivity contribution in [1.29, 1.82) is 0 Å². The lowest BCUT2D eigenvalue weighted by Gasteiger charge is -2.32. The summed E-state index contributed by atoms with van der Waals surface area (Å²) >= 11 is 5.57. The fraction of sp³-hybridized carbons (Fsp3) is 0.421. The molecule has 1 aromatic heterocycles. The molecule has 0 spiro atoms. The van der Waals surface area contributed by atoms with E-state index in [0.717, 1.165) is 43.3 Å². The summed E-state index contributed by atoms with van der Waals surface area (Å²) in [5, 5.41) is 0. The zero-order chi connectivity index (χ0) is 18.0. The molecule has 132 valence electrons. The molecule has 0 atom stereocenters. The standard InChI is InChI=1S/C19H24N4OS/c1-14-17(15(2)24)18(22-11-9-21(3)10-12-22)20-19(25)23(14)13-16-7-5-4-6-8-16/h4-8H,9-13H2,1-3H3/p+1. The van der Waals surface area contributed by atoms with E-state index < -0.39 is 0 Å². The first kappa shape index (κ1) is 17.8. The minimum absolute atomic E-state index is 0.0445. The third-order valence-corrected chi connectivity index (χ3v) is 5.19. The lowest BCUT2D eigenvalue weighted by Crippen LogP contribution is -3.12. The van der Waals surface area contributed by atoms with Crippen LogP contribution in [0.3, 0.4) is 0 Å². The Hall–Kier alpha value is -2.05. The number of hydrogen-bond acceptors (Lipinski definition) is 4. The number of piperazine rings is 1. The summed E-state index contributed by atoms with van der Waals surface area (Å²) in [5.41, 5.74) is 2.75. The Bertz CT molecular complexity index is 823. The maximum Gasteiger partial charge on any atom is 0.201 e. The highest BCUT2D eigenvalue weighted by Crippen LogP contribution is 2.23. The number of anilines is 1. The second kappa shape index (κ2) is 7.45. The van der Waals surface area contributed by atoms with E-state index in [2.05, 4.69) is 29.1 Å². The molecule has 6 heteroatoms. The van der Waals surface area contributed by atoms with Crippen LogP contribution in [0, 0.1) is 11.7 Å². The molecule has 1 N–H and O–H groups in total. The Morgan fingerprint density at radius 3 is 2.48 bits per heavy atom. The highest BCUT2D eigenvalue weighted by molar-refractivity contribution is 7.71. The van der Waals surface area contributed by atoms with Crippen molar-refractivity contribution >= 4 is 23.8 Å². The summed E-state index contributed by atoms with van der Waals surface area (Å²) in [5.74, 6) is 0.801. The number of nitrogens with one attached hydrogen (secondary N) is 1. The van der Waals surface area contributed by atoms with Crippen LogP contribution in [0.1, 0.15) is 28.5 Å². The van der Waals surface area contributed by atoms with Crippen molar-refractivity contribution in [3.63, 3.8) is 0 Å². The predicted molar refractivity (Wildman–Crippen MR) is 102 cm³/mol. The molecule has 1 fully saturated rings. The van der Waals surface area contributed by atoms with Gasteiger partial charge in [-0.25, -0.2) is 4.98 Å². The van der Waals surface area contributed by atoms with E-state index in [0.29, 0.717) is 16.9 Å². The molecule has 5 nitrogen and oxygen atoms in total. The van der Waals surface area contributed by atoms with E-state index in [1.165, 1.54) is 4.90 Å². The van der Waals surface area contributed by atoms with Gasteiger partial charge in [-0.3, -0.25) is 4.79 Å². The number of carbonyl (C=O) groups is 1. The van der Waals surface area contributed by atoms with Crippen LogP contribution < -0.4 is 9.80 Å². The molecule has 0 radical (unpaired) electrons. The van der Waals surface area contributed by atoms with Crippen molar-refractivity contribution in [2.75, 3.05) is 38.1 Å². The number of carbonyl (C=O) groups excluding carboxylic acids is 1. The van der Waals surface area contributed by atoms with Crippen LogP contribution in [0.5, 0.6) is 0 Å². The van der Waals surface area contributed by atoms with Gasteiger partial charge in [-0.2, -0.15) is 0 Å². The molecule has 1 aliphatic heterocycles. The number of hydrogen-bond donors (Lipinski definition) is 1. The van der Waals surface area contributed by atoms with E-state index in [1.54, 1.807) is 6.92 Å². The van der Waals surface area contributed by atoms with Gasteiger partial charge in [-0.05, 0) is 31.6 Å². The van der Waals surface area contributed by atoms with Gasteiger partial charge >= 0.3 is 0 Å². The van der Waals surface area contributed by atoms with Crippen molar-refractivity contribution in [2.45, 2.75) is 20.4 Å². The predicted octanol–water partition coefficient (Wildman–Crippen LogP) is 1.51. The van der Waals surface area contributed by atoms with Crippen LogP contribution in [-0.2, 0) is 6.54 Å². The second-order valence-corrected chi connectivity index (χ2v) is 7.12. The van der Waals surface area contributed by atoms with Gasteiger partial charge in [-0.15, -0.1) is 0 Å². The van der Waals surface area contributed by atoms with Crippen LogP contribution in [0.4, 0.5) is 5.82 Å². The van der Waals surface area contributed by atoms with Gasteiger partial charge in [0, 0.05) is 5.69 Å². The van der Waals surface area contributed by atoms with Gasteiger partial charge in [0.05, 0.1) is 45.3 Å². The lowest BCUT2D eigenvalue weighted by atomic mass is 10.1. The molecule has 2 heterocycles. The van der Waals surface area contributed by atoms with E-state index in [1.807, 2.05) is 29.7 Å². The SMILES string of the molecule is CC(=O)c1c(N2CC[NH+](C)CC2)nc(=S)n(Cc2ccccc2)c1C. The maximum atomic E-state index is 12.4. The van der Waals surface area contributed by atoms with Crippen molar-refractivity contribution in [3.05, 3.63) is 51.9 Å². The van der Waals surface area contributed by atoms with E-state index in [9.17, 15) is 4.79 Å². The van der Waals surface area contributed by atoms with Gasteiger partial charge in [0.1, 0.15) is 5.82 Å². The van der Waals surface area contributed by atoms with Gasteiger partial charge in [0.15, 0.2) is 5.78 Å². The first-order valence-corrected chi connectivity index (χ1v) is 9.10. The Kier molecular flexibility index (Phi) is 5.30. The monoisotopic (exact) mass is 357 g/mol. The van der Waals surface area contributed by atoms with Crippen molar-refractivity contribution < 1.29 is 9.69 Å². The van der Waals surface area contributed by atoms with Crippen molar-refractivity contribution in [1.82, 2.24) is 9.55 Å². The van der Waals surface area contributed by atoms with Crippen molar-refractivity contribution in [2.24, 2.45) is 0 Å². The number of quaternary nitrogens is 1. The molecule has 25 heavy (non-hydrogen) atoms. The van der Waals surface area contributed by atoms with Crippen LogP contribution in [0.25, 0.3) is 0 Å². The molecule has 1 aliphatic rings. The summed E-state index contributed by atoms with van der Waals surface area (Å²) < 4.78 is 2.50. The minimum Gasteiger partial charge on any atom is -0.345 e. The number of aromatic nitrogens is 2. The van der Waals surface area contributed by atoms with Crippen molar-refractivity contribution in [3.8, 4) is 0 Å². The summed E-state index contributed by atoms with van der Waals surface area (Å²) in [6, 6.07) is 10.1. The normalized spacial score (nSPS) is 15.4. The quantitative estimate of drug-likeness (QED) is 0.665. The zero-order valence-corrected chi connectivity index (χ0v) is 15.9. The van der Waals surface area contributed by atoms with Crippen LogP contribution in [0.15, 0.2) is 30.3 Å². The number of nitrogens with zero attached hydrogens (tertiary/aromatic N) is 3. The molecule has 2 aromatic rings. The summed E-state index contributed by atoms with van der Waals surface area (Å²) in [6.07, 6.45) is 0. The molecule has 0 amide bonds. The van der Waals surface area contributed by atoms with Crippen LogP contribution >= 0.6 is 12.2 Å². The number of rotatable bonds is 4. The minimum atomic E-state index is 0.0445. The highest BCUT2D eigenvalue weighted by atomic mass is 32.1. The summed E-state index contributed by atoms with van der Waals surface area (Å²) in [6.45, 7) is 8.11. The number of Topliss-reactive ketones (excluding diaryl/α,β-unsaturated/α-hetero) is 1. The average molecular weight is 358 g/mol. The topological polar surface area (TPSA) is 42.6 Å². The molecule has 0 unspecified atom stereocenters. The van der Waals surface area contributed by atoms with Gasteiger partial charge in [-0.1, -0.05) is 30.3 Å². The second-order valence-electron chi connectivity index (χ2n) is 6.75. The number of likely N-dealkylation sites (N-methyl/N-ethyl adjacent to an activating group) is 1. The van der Waals surface area contributed by atoms with E-state index in [-0.39, 0.29) is 5.78 Å². The summed E-state index contributed by atoms with van der Waals surface area (Å²) in [7, 11) is 2.19. The van der Waals surface area contributed by atoms with E-state index in [4.69, 9.17) is 12.2 Å². The third kappa shape index (κ3) is 3.80. The molecule has 0 bridgehead atoms. The van der Waals surface area contributed by atoms with Gasteiger partial charge in [0.2, 0.25) is 4.77 Å². The molecule has 1 aromatic carbocycles. The molecule has 3 rings (SSSR count). The average Bonchev–Trinajstić information content (AvgIpc) is 2.59. The van der Waals surface area contributed by atoms with Crippen LogP contribution in [0.2, 0.25) is 0 Å². The Balaban J connectivity index is 2.04. The molecule has 0 saturated carbocycles. The molecular weight excluding hydrogens is 332 g/mol. The molecule has 0 aliphatic carbocycles. The Morgan fingerprint density at radius 1 is 1.24 bits per heavy atom. The molecule has 1 saturated heterocycles. The van der Waals surface area contributed by atoms with Gasteiger partial charge in [0.25, 0.3) is 0 Å². The fourth-order valence-electron chi connectivity index (χ4n) is 3.34. The maximum absolute atomic E-state index is 12.4. The lowest BCUT2D eigenvalue weighted by molar-refractivity contribution is -0.880. The first-order chi connectivity index (χ1) is 12.0. The Morgan fingerprint density at radius 2 is 1.88 bits per heavy atom. The largest absolute Gasteiger partial charge is 0.345 e. The Labute approximate surface area is 153 Å². The van der Waals surface area contributed by atoms with E-state index >= 15 is 0 Å². The fourth-order valence-corrected chi connectivity index (χ4v) is 3.63. The highest BCUT2D eigenvalue weighted by Gasteiger charge is 2.25. The zero-order valence-electron chi connectivity index (χ0n) is 15.1. The first-order valence-electron chi connectivity index (χ1n) is 8.70.